The molecule has 1 aromatic carbocycles. The molecule has 1 aliphatic heterocycles. The number of benzene rings is 1. The molecule has 17 heavy (non-hydrogen) atoms. The highest BCUT2D eigenvalue weighted by Crippen LogP contribution is 2.20. The summed E-state index contributed by atoms with van der Waals surface area (Å²) in [5.74, 6) is 1.31. The molecule has 0 bridgehead atoms. The second kappa shape index (κ2) is 4.41. The maximum atomic E-state index is 11.5. The van der Waals surface area contributed by atoms with Gasteiger partial charge in [0.2, 0.25) is 0 Å². The van der Waals surface area contributed by atoms with Crippen molar-refractivity contribution in [3.63, 3.8) is 0 Å². The van der Waals surface area contributed by atoms with Gasteiger partial charge in [-0.25, -0.2) is 4.99 Å². The molecular weight excluding hydrogens is 216 g/mol. The number of amidine groups is 1. The summed E-state index contributed by atoms with van der Waals surface area (Å²) in [5, 5.41) is 2.64. The maximum Gasteiger partial charge on any atom is 0.275 e. The van der Waals surface area contributed by atoms with Gasteiger partial charge < -0.3 is 10.1 Å². The molecule has 0 fully saturated rings. The number of carbonyl (C=O) groups excluding carboxylic acids is 1. The number of nitrogens with one attached hydrogen (secondary N) is 1. The quantitative estimate of drug-likeness (QED) is 0.789. The molecule has 0 atom stereocenters. The van der Waals surface area contributed by atoms with Crippen LogP contribution in [0.5, 0.6) is 5.75 Å². The van der Waals surface area contributed by atoms with E-state index in [0.717, 1.165) is 16.9 Å². The Morgan fingerprint density at radius 3 is 2.65 bits per heavy atom. The van der Waals surface area contributed by atoms with E-state index in [2.05, 4.69) is 10.3 Å². The lowest BCUT2D eigenvalue weighted by Crippen LogP contribution is -2.21. The van der Waals surface area contributed by atoms with E-state index < -0.39 is 0 Å². The van der Waals surface area contributed by atoms with Crippen molar-refractivity contribution in [1.29, 1.82) is 0 Å². The summed E-state index contributed by atoms with van der Waals surface area (Å²) < 4.78 is 5.18. The van der Waals surface area contributed by atoms with Gasteiger partial charge in [0.25, 0.3) is 5.91 Å². The standard InChI is InChI=1S/C13H14N2O2/c1-8-6-10(4-5-12(8)17-3)7-11-13(16)15-9(2)14-11/h4-7H,1-3H3,(H,14,15,16)/b11-7+. The minimum Gasteiger partial charge on any atom is -0.496 e. The Kier molecular flexibility index (Phi) is 2.95. The van der Waals surface area contributed by atoms with E-state index in [0.29, 0.717) is 11.5 Å². The second-order valence-corrected chi connectivity index (χ2v) is 3.91. The van der Waals surface area contributed by atoms with E-state index in [4.69, 9.17) is 4.74 Å². The first-order chi connectivity index (χ1) is 8.10. The fourth-order valence-corrected chi connectivity index (χ4v) is 1.73. The van der Waals surface area contributed by atoms with Gasteiger partial charge in [0.15, 0.2) is 0 Å². The lowest BCUT2D eigenvalue weighted by molar-refractivity contribution is -0.115. The highest BCUT2D eigenvalue weighted by atomic mass is 16.5. The average molecular weight is 230 g/mol. The summed E-state index contributed by atoms with van der Waals surface area (Å²) in [6.07, 6.45) is 1.76. The number of nitrogens with zero attached hydrogens (tertiary/aromatic N) is 1. The first-order valence-corrected chi connectivity index (χ1v) is 5.33. The molecule has 1 N–H and O–H groups in total. The van der Waals surface area contributed by atoms with Crippen LogP contribution in [-0.4, -0.2) is 18.9 Å². The number of rotatable bonds is 2. The lowest BCUT2D eigenvalue weighted by atomic mass is 10.1. The van der Waals surface area contributed by atoms with E-state index >= 15 is 0 Å². The van der Waals surface area contributed by atoms with E-state index in [1.165, 1.54) is 0 Å². The first-order valence-electron chi connectivity index (χ1n) is 5.33. The van der Waals surface area contributed by atoms with Gasteiger partial charge in [-0.1, -0.05) is 6.07 Å². The molecule has 1 amide bonds. The Morgan fingerprint density at radius 2 is 2.12 bits per heavy atom. The normalized spacial score (nSPS) is 17.0. The summed E-state index contributed by atoms with van der Waals surface area (Å²) >= 11 is 0. The molecule has 88 valence electrons. The minimum atomic E-state index is -0.157. The van der Waals surface area contributed by atoms with Crippen LogP contribution >= 0.6 is 0 Å². The molecule has 0 spiro atoms. The third-order valence-corrected chi connectivity index (χ3v) is 2.54. The molecule has 0 radical (unpaired) electrons. The predicted octanol–water partition coefficient (Wildman–Crippen LogP) is 1.89. The summed E-state index contributed by atoms with van der Waals surface area (Å²) in [5.41, 5.74) is 2.40. The van der Waals surface area contributed by atoms with Gasteiger partial charge in [0.1, 0.15) is 17.3 Å². The number of methoxy groups -OCH3 is 1. The first kappa shape index (κ1) is 11.4. The number of hydrogen-bond donors (Lipinski definition) is 1. The zero-order chi connectivity index (χ0) is 12.4. The largest absolute Gasteiger partial charge is 0.496 e. The Morgan fingerprint density at radius 1 is 1.35 bits per heavy atom. The molecule has 4 nitrogen and oxygen atoms in total. The maximum absolute atomic E-state index is 11.5. The summed E-state index contributed by atoms with van der Waals surface area (Å²) in [6.45, 7) is 3.72. The van der Waals surface area contributed by atoms with Crippen LogP contribution in [0.3, 0.4) is 0 Å². The SMILES string of the molecule is COc1ccc(/C=C2/N=C(C)NC2=O)cc1C. The zero-order valence-electron chi connectivity index (χ0n) is 10.1. The van der Waals surface area contributed by atoms with Crippen LogP contribution in [-0.2, 0) is 4.79 Å². The zero-order valence-corrected chi connectivity index (χ0v) is 10.1. The Hall–Kier alpha value is -2.10. The molecule has 4 heteroatoms. The van der Waals surface area contributed by atoms with Crippen molar-refractivity contribution in [1.82, 2.24) is 5.32 Å². The average Bonchev–Trinajstić information content (AvgIpc) is 2.58. The summed E-state index contributed by atoms with van der Waals surface area (Å²) in [6, 6.07) is 5.74. The van der Waals surface area contributed by atoms with Crippen molar-refractivity contribution in [2.75, 3.05) is 7.11 Å². The lowest BCUT2D eigenvalue weighted by Gasteiger charge is -2.04. The van der Waals surface area contributed by atoms with Gasteiger partial charge in [0, 0.05) is 0 Å². The number of amides is 1. The molecule has 0 aromatic heterocycles. The Bertz CT molecular complexity index is 530. The van der Waals surface area contributed by atoms with Crippen molar-refractivity contribution in [3.05, 3.63) is 35.0 Å². The summed E-state index contributed by atoms with van der Waals surface area (Å²) in [7, 11) is 1.64. The predicted molar refractivity (Wildman–Crippen MR) is 67.0 cm³/mol. The third kappa shape index (κ3) is 2.36. The fourth-order valence-electron chi connectivity index (χ4n) is 1.73. The van der Waals surface area contributed by atoms with Crippen molar-refractivity contribution >= 4 is 17.8 Å². The molecule has 0 saturated carbocycles. The third-order valence-electron chi connectivity index (χ3n) is 2.54. The number of hydrogen-bond acceptors (Lipinski definition) is 3. The monoisotopic (exact) mass is 230 g/mol. The van der Waals surface area contributed by atoms with E-state index in [9.17, 15) is 4.79 Å². The number of carbonyl (C=O) groups is 1. The van der Waals surface area contributed by atoms with E-state index in [-0.39, 0.29) is 5.91 Å². The van der Waals surface area contributed by atoms with Gasteiger partial charge in [-0.2, -0.15) is 0 Å². The summed E-state index contributed by atoms with van der Waals surface area (Å²) in [4.78, 5) is 15.6. The fraction of sp³-hybridized carbons (Fsp3) is 0.231. The van der Waals surface area contributed by atoms with Crippen LogP contribution in [0.25, 0.3) is 6.08 Å². The van der Waals surface area contributed by atoms with Crippen molar-refractivity contribution < 1.29 is 9.53 Å². The topological polar surface area (TPSA) is 50.7 Å². The second-order valence-electron chi connectivity index (χ2n) is 3.91. The number of aliphatic imine (C=N–C) groups is 1. The molecule has 0 aliphatic carbocycles. The van der Waals surface area contributed by atoms with Gasteiger partial charge in [-0.15, -0.1) is 0 Å². The van der Waals surface area contributed by atoms with E-state index in [1.54, 1.807) is 20.1 Å². The van der Waals surface area contributed by atoms with Crippen LogP contribution in [0, 0.1) is 6.92 Å². The Balaban J connectivity index is 2.33. The van der Waals surface area contributed by atoms with E-state index in [1.807, 2.05) is 25.1 Å². The Labute approximate surface area is 100 Å². The molecule has 1 aromatic rings. The van der Waals surface area contributed by atoms with Crippen LogP contribution in [0.15, 0.2) is 28.9 Å². The molecule has 2 rings (SSSR count). The minimum absolute atomic E-state index is 0.157. The van der Waals surface area contributed by atoms with Gasteiger partial charge >= 0.3 is 0 Å². The van der Waals surface area contributed by atoms with Crippen molar-refractivity contribution in [2.24, 2.45) is 4.99 Å². The highest BCUT2D eigenvalue weighted by molar-refractivity contribution is 6.13. The van der Waals surface area contributed by atoms with Crippen LogP contribution in [0.1, 0.15) is 18.1 Å². The van der Waals surface area contributed by atoms with Crippen LogP contribution < -0.4 is 10.1 Å². The van der Waals surface area contributed by atoms with Gasteiger partial charge in [-0.05, 0) is 43.2 Å². The smallest absolute Gasteiger partial charge is 0.275 e. The molecular formula is C13H14N2O2. The van der Waals surface area contributed by atoms with Gasteiger partial charge in [-0.3, -0.25) is 4.79 Å². The molecule has 0 saturated heterocycles. The molecule has 1 aliphatic rings. The van der Waals surface area contributed by atoms with Crippen molar-refractivity contribution in [2.45, 2.75) is 13.8 Å². The van der Waals surface area contributed by atoms with Crippen LogP contribution in [0.2, 0.25) is 0 Å². The molecule has 1 heterocycles. The molecule has 0 unspecified atom stereocenters. The number of ether oxygens (including phenoxy) is 1. The van der Waals surface area contributed by atoms with Crippen LogP contribution in [0.4, 0.5) is 0 Å². The van der Waals surface area contributed by atoms with Crippen molar-refractivity contribution in [3.8, 4) is 5.75 Å². The van der Waals surface area contributed by atoms with Gasteiger partial charge in [0.05, 0.1) is 7.11 Å². The highest BCUT2D eigenvalue weighted by Gasteiger charge is 2.16. The number of aryl methyl sites for hydroxylation is 1.